The van der Waals surface area contributed by atoms with Crippen molar-refractivity contribution in [3.63, 3.8) is 0 Å². The number of aliphatic hydroxyl groups is 1. The molecule has 104 valence electrons. The normalized spacial score (nSPS) is 11.4. The molecule has 0 amide bonds. The zero-order valence-electron chi connectivity index (χ0n) is 12.4. The fourth-order valence-corrected chi connectivity index (χ4v) is 1.41. The van der Waals surface area contributed by atoms with Gasteiger partial charge in [0.05, 0.1) is 6.61 Å². The van der Waals surface area contributed by atoms with Gasteiger partial charge in [-0.2, -0.15) is 0 Å². The third-order valence-electron chi connectivity index (χ3n) is 2.41. The Balaban J connectivity index is 0.00000154. The number of aliphatic hydroxyl groups excluding tert-OH is 1. The lowest BCUT2D eigenvalue weighted by Gasteiger charge is -2.09. The summed E-state index contributed by atoms with van der Waals surface area (Å²) in [4.78, 5) is 0. The highest BCUT2D eigenvalue weighted by molar-refractivity contribution is 5.52. The molecule has 2 heteroatoms. The van der Waals surface area contributed by atoms with E-state index >= 15 is 0 Å². The van der Waals surface area contributed by atoms with Gasteiger partial charge in [-0.25, -0.2) is 0 Å². The fraction of sp³-hybridized carbons (Fsp3) is 0.294. The molecule has 2 nitrogen and oxygen atoms in total. The van der Waals surface area contributed by atoms with E-state index < -0.39 is 0 Å². The van der Waals surface area contributed by atoms with Gasteiger partial charge in [0.2, 0.25) is 0 Å². The van der Waals surface area contributed by atoms with Gasteiger partial charge in [-0.15, -0.1) is 0 Å². The van der Waals surface area contributed by atoms with Gasteiger partial charge in [-0.3, -0.25) is 0 Å². The molecule has 1 aromatic carbocycles. The summed E-state index contributed by atoms with van der Waals surface area (Å²) in [6.45, 7) is 11.8. The standard InChI is InChI=1S/C15H19NO.C2H6/c1-4-12(3)9-14(5-2)16-15-8-6-7-13(10-15)11-17;1-2/h4-10,16-17H,1,11H2,2-3H3;1-2H3/b12-9-,14-5+;. The first-order chi connectivity index (χ1) is 9.19. The molecule has 2 N–H and O–H groups in total. The van der Waals surface area contributed by atoms with Crippen molar-refractivity contribution in [1.29, 1.82) is 0 Å². The van der Waals surface area contributed by atoms with Crippen molar-refractivity contribution in [2.24, 2.45) is 0 Å². The number of nitrogens with one attached hydrogen (secondary N) is 1. The first-order valence-corrected chi connectivity index (χ1v) is 6.63. The summed E-state index contributed by atoms with van der Waals surface area (Å²) in [6, 6.07) is 7.72. The maximum atomic E-state index is 9.07. The molecule has 1 rings (SSSR count). The van der Waals surface area contributed by atoms with E-state index in [-0.39, 0.29) is 6.61 Å². The van der Waals surface area contributed by atoms with Crippen molar-refractivity contribution in [2.45, 2.75) is 34.3 Å². The smallest absolute Gasteiger partial charge is 0.0682 e. The molecule has 0 saturated heterocycles. The largest absolute Gasteiger partial charge is 0.392 e. The van der Waals surface area contributed by atoms with Crippen LogP contribution in [0.5, 0.6) is 0 Å². The molecule has 0 aromatic heterocycles. The van der Waals surface area contributed by atoms with Gasteiger partial charge in [0, 0.05) is 11.4 Å². The highest BCUT2D eigenvalue weighted by atomic mass is 16.3. The third-order valence-corrected chi connectivity index (χ3v) is 2.41. The Kier molecular flexibility index (Phi) is 9.19. The summed E-state index contributed by atoms with van der Waals surface area (Å²) in [5, 5.41) is 12.4. The van der Waals surface area contributed by atoms with Crippen molar-refractivity contribution in [3.8, 4) is 0 Å². The van der Waals surface area contributed by atoms with Crippen molar-refractivity contribution in [2.75, 3.05) is 5.32 Å². The van der Waals surface area contributed by atoms with Crippen LogP contribution in [-0.2, 0) is 6.61 Å². The highest BCUT2D eigenvalue weighted by Crippen LogP contribution is 2.14. The van der Waals surface area contributed by atoms with Gasteiger partial charge < -0.3 is 10.4 Å². The Bertz CT molecular complexity index is 444. The average Bonchev–Trinajstić information content (AvgIpc) is 2.48. The predicted octanol–water partition coefficient (Wildman–Crippen LogP) is 4.65. The Morgan fingerprint density at radius 1 is 1.37 bits per heavy atom. The van der Waals surface area contributed by atoms with E-state index in [1.165, 1.54) is 0 Å². The maximum absolute atomic E-state index is 9.07. The Morgan fingerprint density at radius 2 is 2.05 bits per heavy atom. The molecule has 0 radical (unpaired) electrons. The first-order valence-electron chi connectivity index (χ1n) is 6.63. The van der Waals surface area contributed by atoms with Crippen LogP contribution < -0.4 is 5.32 Å². The summed E-state index contributed by atoms with van der Waals surface area (Å²) in [5.74, 6) is 0. The van der Waals surface area contributed by atoms with E-state index in [4.69, 9.17) is 5.11 Å². The third kappa shape index (κ3) is 6.63. The van der Waals surface area contributed by atoms with Crippen LogP contribution in [0.25, 0.3) is 0 Å². The van der Waals surface area contributed by atoms with E-state index in [2.05, 4.69) is 11.9 Å². The Hall–Kier alpha value is -1.80. The Labute approximate surface area is 117 Å². The number of benzene rings is 1. The zero-order valence-corrected chi connectivity index (χ0v) is 12.4. The maximum Gasteiger partial charge on any atom is 0.0682 e. The number of hydrogen-bond donors (Lipinski definition) is 2. The van der Waals surface area contributed by atoms with Crippen LogP contribution >= 0.6 is 0 Å². The van der Waals surface area contributed by atoms with Crippen LogP contribution in [0.4, 0.5) is 5.69 Å². The van der Waals surface area contributed by atoms with E-state index in [0.29, 0.717) is 0 Å². The van der Waals surface area contributed by atoms with E-state index in [0.717, 1.165) is 22.5 Å². The lowest BCUT2D eigenvalue weighted by molar-refractivity contribution is 0.282. The molecule has 0 saturated carbocycles. The number of anilines is 1. The molecule has 19 heavy (non-hydrogen) atoms. The number of rotatable bonds is 5. The summed E-state index contributed by atoms with van der Waals surface area (Å²) in [6.07, 6.45) is 5.84. The predicted molar refractivity (Wildman–Crippen MR) is 85.0 cm³/mol. The summed E-state index contributed by atoms with van der Waals surface area (Å²) < 4.78 is 0. The quantitative estimate of drug-likeness (QED) is 0.754. The molecule has 0 aliphatic heterocycles. The minimum absolute atomic E-state index is 0.0578. The average molecular weight is 259 g/mol. The molecule has 0 atom stereocenters. The van der Waals surface area contributed by atoms with Gasteiger partial charge in [0.15, 0.2) is 0 Å². The molecule has 0 fully saturated rings. The number of allylic oxidation sites excluding steroid dienone is 4. The van der Waals surface area contributed by atoms with Crippen LogP contribution in [0.1, 0.15) is 33.3 Å². The molecule has 0 spiro atoms. The molecule has 0 unspecified atom stereocenters. The van der Waals surface area contributed by atoms with Crippen LogP contribution in [0.15, 0.2) is 60.3 Å². The lowest BCUT2D eigenvalue weighted by Crippen LogP contribution is -1.98. The van der Waals surface area contributed by atoms with E-state index in [1.54, 1.807) is 0 Å². The van der Waals surface area contributed by atoms with Gasteiger partial charge in [-0.1, -0.05) is 44.7 Å². The van der Waals surface area contributed by atoms with Crippen molar-refractivity contribution < 1.29 is 5.11 Å². The molecule has 0 bridgehead atoms. The van der Waals surface area contributed by atoms with Crippen molar-refractivity contribution in [3.05, 3.63) is 65.9 Å². The zero-order chi connectivity index (χ0) is 14.7. The van der Waals surface area contributed by atoms with Crippen LogP contribution in [0.2, 0.25) is 0 Å². The molecule has 1 aromatic rings. The summed E-state index contributed by atoms with van der Waals surface area (Å²) in [7, 11) is 0. The highest BCUT2D eigenvalue weighted by Gasteiger charge is 1.96. The second-order valence-corrected chi connectivity index (χ2v) is 3.82. The van der Waals surface area contributed by atoms with Gasteiger partial charge in [0.1, 0.15) is 0 Å². The minimum Gasteiger partial charge on any atom is -0.392 e. The lowest BCUT2D eigenvalue weighted by atomic mass is 10.2. The summed E-state index contributed by atoms with van der Waals surface area (Å²) in [5.41, 5.74) is 3.98. The first kappa shape index (κ1) is 17.2. The second-order valence-electron chi connectivity index (χ2n) is 3.82. The molecular weight excluding hydrogens is 234 g/mol. The summed E-state index contributed by atoms with van der Waals surface area (Å²) >= 11 is 0. The Morgan fingerprint density at radius 3 is 2.58 bits per heavy atom. The molecule has 0 aliphatic carbocycles. The van der Waals surface area contributed by atoms with Gasteiger partial charge >= 0.3 is 0 Å². The number of hydrogen-bond acceptors (Lipinski definition) is 2. The monoisotopic (exact) mass is 259 g/mol. The fourth-order valence-electron chi connectivity index (χ4n) is 1.41. The van der Waals surface area contributed by atoms with Gasteiger partial charge in [0.25, 0.3) is 0 Å². The van der Waals surface area contributed by atoms with Crippen LogP contribution in [0, 0.1) is 0 Å². The van der Waals surface area contributed by atoms with Crippen molar-refractivity contribution in [1.82, 2.24) is 0 Å². The van der Waals surface area contributed by atoms with Crippen LogP contribution in [-0.4, -0.2) is 5.11 Å². The topological polar surface area (TPSA) is 32.3 Å². The van der Waals surface area contributed by atoms with Crippen molar-refractivity contribution >= 4 is 5.69 Å². The molecule has 0 heterocycles. The second kappa shape index (κ2) is 10.2. The van der Waals surface area contributed by atoms with E-state index in [1.807, 2.05) is 70.2 Å². The molecular formula is C17H25NO. The minimum atomic E-state index is 0.0578. The molecule has 0 aliphatic rings. The van der Waals surface area contributed by atoms with Crippen LogP contribution in [0.3, 0.4) is 0 Å². The van der Waals surface area contributed by atoms with E-state index in [9.17, 15) is 0 Å². The SMILES string of the molecule is C=C/C(C)=C\C(=C/C)Nc1cccc(CO)c1.CC. The van der Waals surface area contributed by atoms with Gasteiger partial charge in [-0.05, 0) is 43.2 Å².